The average Bonchev–Trinajstić information content (AvgIpc) is 3.61. The Morgan fingerprint density at radius 3 is 2.37 bits per heavy atom. The van der Waals surface area contributed by atoms with Crippen molar-refractivity contribution < 1.29 is 32.3 Å². The topological polar surface area (TPSA) is 116 Å². The average molecular weight is 642 g/mol. The number of anilines is 1. The molecule has 1 heterocycles. The smallest absolute Gasteiger partial charge is 0.368 e. The summed E-state index contributed by atoms with van der Waals surface area (Å²) in [5, 5.41) is 2.96. The van der Waals surface area contributed by atoms with Gasteiger partial charge < -0.3 is 25.8 Å². The molecule has 0 saturated heterocycles. The van der Waals surface area contributed by atoms with Gasteiger partial charge in [0, 0.05) is 43.7 Å². The third-order valence-electron chi connectivity index (χ3n) is 9.71. The molecule has 4 atom stereocenters. The summed E-state index contributed by atoms with van der Waals surface area (Å²) in [5.74, 6) is 0.231. The fraction of sp³-hybridized carbons (Fsp3) is 0.529. The number of halogens is 3. The number of benzene rings is 2. The number of carbonyl (C=O) groups is 4. The summed E-state index contributed by atoms with van der Waals surface area (Å²) < 4.78 is 39.9. The van der Waals surface area contributed by atoms with Gasteiger partial charge in [-0.2, -0.15) is 13.2 Å². The molecule has 0 spiro atoms. The van der Waals surface area contributed by atoms with E-state index in [2.05, 4.69) is 5.32 Å². The second kappa shape index (κ2) is 13.8. The summed E-state index contributed by atoms with van der Waals surface area (Å²) in [4.78, 5) is 56.6. The second-order valence-corrected chi connectivity index (χ2v) is 13.2. The van der Waals surface area contributed by atoms with Crippen molar-refractivity contribution in [3.63, 3.8) is 0 Å². The van der Waals surface area contributed by atoms with Crippen LogP contribution in [0.5, 0.6) is 0 Å². The van der Waals surface area contributed by atoms with Crippen LogP contribution >= 0.6 is 0 Å². The standard InChI is InChI=1S/C34H42F3N5O4/c1-40(2)13-14-41(20-30(38)43)32(45)11-12-42-29(22-5-8-26(9-6-22)34(35,36)37)17-24-7-10-27(19-28(24)33(42)46)39-31(44)18-25-16-21-3-4-23(25)15-21/h5-10,19,21,23,25,29H,3-4,11-18,20H2,1-2H3,(H2,38,43)(H,39,44)/t21-,23-,25?,29?/m0/s1. The minimum Gasteiger partial charge on any atom is -0.368 e. The maximum Gasteiger partial charge on any atom is 0.416 e. The minimum absolute atomic E-state index is 0.0269. The second-order valence-electron chi connectivity index (χ2n) is 13.2. The molecule has 2 unspecified atom stereocenters. The summed E-state index contributed by atoms with van der Waals surface area (Å²) in [6.45, 7) is 0.469. The van der Waals surface area contributed by atoms with Crippen molar-refractivity contribution in [1.29, 1.82) is 0 Å². The van der Waals surface area contributed by atoms with Gasteiger partial charge in [0.1, 0.15) is 0 Å². The van der Waals surface area contributed by atoms with Crippen LogP contribution in [0.2, 0.25) is 0 Å². The quantitative estimate of drug-likeness (QED) is 0.355. The highest BCUT2D eigenvalue weighted by atomic mass is 19.4. The van der Waals surface area contributed by atoms with Gasteiger partial charge in [0.05, 0.1) is 18.2 Å². The summed E-state index contributed by atoms with van der Waals surface area (Å²) in [6.07, 6.45) is 0.880. The van der Waals surface area contributed by atoms with Crippen LogP contribution in [-0.2, 0) is 27.0 Å². The maximum absolute atomic E-state index is 14.0. The fourth-order valence-corrected chi connectivity index (χ4v) is 7.35. The van der Waals surface area contributed by atoms with E-state index in [1.165, 1.54) is 41.2 Å². The molecule has 46 heavy (non-hydrogen) atoms. The van der Waals surface area contributed by atoms with Gasteiger partial charge in [-0.25, -0.2) is 0 Å². The third kappa shape index (κ3) is 7.89. The van der Waals surface area contributed by atoms with Crippen molar-refractivity contribution in [2.24, 2.45) is 23.5 Å². The molecule has 0 radical (unpaired) electrons. The van der Waals surface area contributed by atoms with Crippen molar-refractivity contribution in [2.75, 3.05) is 45.6 Å². The molecule has 3 aliphatic rings. The van der Waals surface area contributed by atoms with Gasteiger partial charge in [0.25, 0.3) is 5.91 Å². The van der Waals surface area contributed by atoms with Crippen LogP contribution in [-0.4, -0.2) is 78.6 Å². The molecular formula is C34H42F3N5O4. The third-order valence-corrected chi connectivity index (χ3v) is 9.71. The number of hydrogen-bond donors (Lipinski definition) is 2. The summed E-state index contributed by atoms with van der Waals surface area (Å²) in [6, 6.07) is 9.25. The molecule has 1 aliphatic heterocycles. The van der Waals surface area contributed by atoms with Gasteiger partial charge >= 0.3 is 6.18 Å². The first-order chi connectivity index (χ1) is 21.8. The van der Waals surface area contributed by atoms with Crippen molar-refractivity contribution in [3.8, 4) is 0 Å². The lowest BCUT2D eigenvalue weighted by molar-refractivity contribution is -0.137. The Labute approximate surface area is 267 Å². The normalized spacial score (nSPS) is 22.2. The van der Waals surface area contributed by atoms with E-state index in [-0.39, 0.29) is 37.9 Å². The molecular weight excluding hydrogens is 599 g/mol. The number of amides is 4. The highest BCUT2D eigenvalue weighted by Gasteiger charge is 2.40. The zero-order chi connectivity index (χ0) is 33.2. The Kier molecular flexibility index (Phi) is 10.0. The Morgan fingerprint density at radius 2 is 1.76 bits per heavy atom. The molecule has 2 saturated carbocycles. The first-order valence-electron chi connectivity index (χ1n) is 15.9. The van der Waals surface area contributed by atoms with Crippen LogP contribution in [0.25, 0.3) is 0 Å². The SMILES string of the molecule is CN(C)CCN(CC(N)=O)C(=O)CCN1C(=O)c2cc(NC(=O)CC3C[C@H]4CC[C@H]3C4)ccc2CC1c1ccc(C(F)(F)F)cc1. The molecule has 2 aromatic carbocycles. The van der Waals surface area contributed by atoms with Gasteiger partial charge in [0.2, 0.25) is 17.7 Å². The number of fused-ring (bicyclic) bond motifs is 3. The van der Waals surface area contributed by atoms with Gasteiger partial charge in [-0.05, 0) is 92.9 Å². The monoisotopic (exact) mass is 641 g/mol. The molecule has 3 N–H and O–H groups in total. The number of primary amides is 1. The van der Waals surface area contributed by atoms with Gasteiger partial charge in [-0.3, -0.25) is 19.2 Å². The van der Waals surface area contributed by atoms with E-state index in [0.29, 0.717) is 53.6 Å². The largest absolute Gasteiger partial charge is 0.416 e. The predicted octanol–water partition coefficient (Wildman–Crippen LogP) is 4.48. The van der Waals surface area contributed by atoms with Gasteiger partial charge in [-0.1, -0.05) is 24.6 Å². The number of alkyl halides is 3. The van der Waals surface area contributed by atoms with E-state index in [9.17, 15) is 32.3 Å². The Morgan fingerprint density at radius 1 is 1.02 bits per heavy atom. The zero-order valence-corrected chi connectivity index (χ0v) is 26.3. The van der Waals surface area contributed by atoms with Crippen LogP contribution in [0.1, 0.15) is 71.6 Å². The molecule has 2 fully saturated rings. The predicted molar refractivity (Wildman–Crippen MR) is 166 cm³/mol. The number of likely N-dealkylation sites (N-methyl/N-ethyl adjacent to an activating group) is 1. The number of rotatable bonds is 12. The summed E-state index contributed by atoms with van der Waals surface area (Å²) in [5.41, 5.74) is 6.66. The highest BCUT2D eigenvalue weighted by molar-refractivity contribution is 6.00. The zero-order valence-electron chi connectivity index (χ0n) is 26.3. The molecule has 4 amide bonds. The van der Waals surface area contributed by atoms with E-state index in [4.69, 9.17) is 5.73 Å². The lowest BCUT2D eigenvalue weighted by atomic mass is 9.86. The van der Waals surface area contributed by atoms with Crippen LogP contribution in [0.4, 0.5) is 18.9 Å². The number of carbonyl (C=O) groups excluding carboxylic acids is 4. The van der Waals surface area contributed by atoms with Crippen molar-refractivity contribution in [1.82, 2.24) is 14.7 Å². The molecule has 12 heteroatoms. The Bertz CT molecular complexity index is 1460. The van der Waals surface area contributed by atoms with Crippen LogP contribution in [0.15, 0.2) is 42.5 Å². The van der Waals surface area contributed by atoms with E-state index < -0.39 is 29.6 Å². The Balaban J connectivity index is 1.35. The molecule has 2 aromatic rings. The summed E-state index contributed by atoms with van der Waals surface area (Å²) in [7, 11) is 3.67. The first-order valence-corrected chi connectivity index (χ1v) is 15.9. The van der Waals surface area contributed by atoms with Crippen LogP contribution in [0, 0.1) is 17.8 Å². The number of nitrogens with zero attached hydrogens (tertiary/aromatic N) is 3. The lowest BCUT2D eigenvalue weighted by Crippen LogP contribution is -2.45. The molecule has 5 rings (SSSR count). The molecule has 2 bridgehead atoms. The maximum atomic E-state index is 14.0. The highest BCUT2D eigenvalue weighted by Crippen LogP contribution is 2.49. The van der Waals surface area contributed by atoms with Crippen LogP contribution < -0.4 is 11.1 Å². The van der Waals surface area contributed by atoms with Crippen molar-refractivity contribution in [2.45, 2.75) is 57.2 Å². The minimum atomic E-state index is -4.51. The molecule has 2 aliphatic carbocycles. The van der Waals surface area contributed by atoms with E-state index in [0.717, 1.165) is 24.5 Å². The van der Waals surface area contributed by atoms with Crippen molar-refractivity contribution >= 4 is 29.3 Å². The lowest BCUT2D eigenvalue weighted by Gasteiger charge is -2.37. The Hall–Kier alpha value is -3.93. The fourth-order valence-electron chi connectivity index (χ4n) is 7.35. The van der Waals surface area contributed by atoms with E-state index in [1.807, 2.05) is 19.0 Å². The first kappa shape index (κ1) is 33.4. The summed E-state index contributed by atoms with van der Waals surface area (Å²) >= 11 is 0. The van der Waals surface area contributed by atoms with Crippen LogP contribution in [0.3, 0.4) is 0 Å². The number of nitrogens with two attached hydrogens (primary N) is 1. The number of hydrogen-bond acceptors (Lipinski definition) is 5. The molecule has 9 nitrogen and oxygen atoms in total. The van der Waals surface area contributed by atoms with E-state index in [1.54, 1.807) is 18.2 Å². The van der Waals surface area contributed by atoms with Crippen molar-refractivity contribution in [3.05, 3.63) is 64.7 Å². The van der Waals surface area contributed by atoms with E-state index >= 15 is 0 Å². The number of nitrogens with one attached hydrogen (secondary N) is 1. The van der Waals surface area contributed by atoms with Gasteiger partial charge in [-0.15, -0.1) is 0 Å². The molecule has 248 valence electrons. The molecule has 0 aromatic heterocycles. The van der Waals surface area contributed by atoms with Gasteiger partial charge in [0.15, 0.2) is 0 Å².